The predicted molar refractivity (Wildman–Crippen MR) is 80.9 cm³/mol. The molecule has 4 heteroatoms. The van der Waals surface area contributed by atoms with Crippen LogP contribution in [0.15, 0.2) is 18.2 Å². The van der Waals surface area contributed by atoms with Crippen LogP contribution in [0.1, 0.15) is 34.3 Å². The summed E-state index contributed by atoms with van der Waals surface area (Å²) in [6.45, 7) is 3.39. The number of carbonyl (C=O) groups is 1. The second kappa shape index (κ2) is 7.26. The molecule has 0 aliphatic carbocycles. The highest BCUT2D eigenvalue weighted by atomic mass is 16.3. The number of benzene rings is 1. The van der Waals surface area contributed by atoms with Gasteiger partial charge in [0.15, 0.2) is 0 Å². The molecule has 1 atom stereocenters. The summed E-state index contributed by atoms with van der Waals surface area (Å²) < 4.78 is 0. The molecule has 1 amide bonds. The summed E-state index contributed by atoms with van der Waals surface area (Å²) in [6.07, 6.45) is 1.25. The first kappa shape index (κ1) is 15.6. The molecule has 2 N–H and O–H groups in total. The molecule has 21 heavy (non-hydrogen) atoms. The molecule has 1 aromatic rings. The van der Waals surface area contributed by atoms with Gasteiger partial charge < -0.3 is 15.1 Å². The van der Waals surface area contributed by atoms with Crippen molar-refractivity contribution >= 4 is 5.91 Å². The third-order valence-electron chi connectivity index (χ3n) is 3.70. The van der Waals surface area contributed by atoms with Crippen molar-refractivity contribution in [1.29, 1.82) is 0 Å². The van der Waals surface area contributed by atoms with E-state index in [1.807, 2.05) is 25.1 Å². The van der Waals surface area contributed by atoms with Crippen LogP contribution in [0, 0.1) is 24.7 Å². The number of likely N-dealkylation sites (tertiary alicyclic amines) is 1. The minimum Gasteiger partial charge on any atom is -0.396 e. The first-order valence-corrected chi connectivity index (χ1v) is 7.26. The highest BCUT2D eigenvalue weighted by Gasteiger charge is 2.27. The van der Waals surface area contributed by atoms with Crippen molar-refractivity contribution in [2.24, 2.45) is 5.92 Å². The van der Waals surface area contributed by atoms with Gasteiger partial charge in [0.25, 0.3) is 5.91 Å². The van der Waals surface area contributed by atoms with Crippen molar-refractivity contribution in [3.05, 3.63) is 34.9 Å². The summed E-state index contributed by atoms with van der Waals surface area (Å²) in [5, 5.41) is 18.0. The smallest absolute Gasteiger partial charge is 0.255 e. The first-order chi connectivity index (χ1) is 10.2. The van der Waals surface area contributed by atoms with Crippen LogP contribution < -0.4 is 0 Å². The molecule has 1 unspecified atom stereocenters. The summed E-state index contributed by atoms with van der Waals surface area (Å²) in [7, 11) is 0. The molecule has 1 aromatic carbocycles. The molecule has 0 spiro atoms. The molecule has 1 aliphatic heterocycles. The molecule has 1 saturated heterocycles. The van der Waals surface area contributed by atoms with Gasteiger partial charge in [-0.3, -0.25) is 4.79 Å². The van der Waals surface area contributed by atoms with E-state index in [0.29, 0.717) is 30.6 Å². The Morgan fingerprint density at radius 3 is 2.90 bits per heavy atom. The van der Waals surface area contributed by atoms with Crippen LogP contribution in [0.4, 0.5) is 0 Å². The lowest BCUT2D eigenvalue weighted by Crippen LogP contribution is -2.29. The fraction of sp³-hybridized carbons (Fsp3) is 0.471. The van der Waals surface area contributed by atoms with Gasteiger partial charge in [-0.1, -0.05) is 17.9 Å². The van der Waals surface area contributed by atoms with Gasteiger partial charge in [0.1, 0.15) is 0 Å². The van der Waals surface area contributed by atoms with E-state index in [4.69, 9.17) is 5.11 Å². The van der Waals surface area contributed by atoms with Crippen molar-refractivity contribution in [3.63, 3.8) is 0 Å². The number of nitrogens with zero attached hydrogens (tertiary/aromatic N) is 1. The molecule has 112 valence electrons. The zero-order valence-electron chi connectivity index (χ0n) is 12.3. The Morgan fingerprint density at radius 2 is 2.24 bits per heavy atom. The number of amides is 1. The third-order valence-corrected chi connectivity index (χ3v) is 3.70. The number of aliphatic hydroxyl groups is 2. The van der Waals surface area contributed by atoms with E-state index in [1.165, 1.54) is 0 Å². The van der Waals surface area contributed by atoms with Crippen LogP contribution >= 0.6 is 0 Å². The lowest BCUT2D eigenvalue weighted by atomic mass is 10.0. The molecule has 1 fully saturated rings. The molecule has 1 aliphatic rings. The van der Waals surface area contributed by atoms with Gasteiger partial charge >= 0.3 is 0 Å². The Labute approximate surface area is 125 Å². The first-order valence-electron chi connectivity index (χ1n) is 7.26. The summed E-state index contributed by atoms with van der Waals surface area (Å²) in [5.41, 5.74) is 2.36. The van der Waals surface area contributed by atoms with E-state index < -0.39 is 0 Å². The van der Waals surface area contributed by atoms with Crippen LogP contribution in [-0.4, -0.2) is 47.3 Å². The Morgan fingerprint density at radius 1 is 1.43 bits per heavy atom. The molecule has 0 radical (unpaired) electrons. The number of carbonyl (C=O) groups excluding carboxylic acids is 1. The lowest BCUT2D eigenvalue weighted by Gasteiger charge is -2.17. The molecule has 0 saturated carbocycles. The van der Waals surface area contributed by atoms with E-state index >= 15 is 0 Å². The van der Waals surface area contributed by atoms with Crippen molar-refractivity contribution in [3.8, 4) is 11.8 Å². The Kier molecular flexibility index (Phi) is 5.38. The van der Waals surface area contributed by atoms with Gasteiger partial charge in [0.2, 0.25) is 0 Å². The van der Waals surface area contributed by atoms with Crippen LogP contribution in [0.3, 0.4) is 0 Å². The van der Waals surface area contributed by atoms with E-state index in [-0.39, 0.29) is 25.0 Å². The van der Waals surface area contributed by atoms with Crippen LogP contribution in [0.5, 0.6) is 0 Å². The second-order valence-electron chi connectivity index (χ2n) is 5.41. The Bertz CT molecular complexity index is 571. The molecule has 4 nitrogen and oxygen atoms in total. The maximum Gasteiger partial charge on any atom is 0.255 e. The van der Waals surface area contributed by atoms with E-state index in [1.54, 1.807) is 4.90 Å². The van der Waals surface area contributed by atoms with Gasteiger partial charge in [-0.05, 0) is 31.0 Å². The average Bonchev–Trinajstić information content (AvgIpc) is 2.96. The zero-order chi connectivity index (χ0) is 15.2. The zero-order valence-corrected chi connectivity index (χ0v) is 12.3. The van der Waals surface area contributed by atoms with Gasteiger partial charge in [-0.2, -0.15) is 0 Å². The highest BCUT2D eigenvalue weighted by molar-refractivity contribution is 5.97. The SMILES string of the molecule is Cc1ccc(C(=O)N2CCC(CO)C2)c(C#CCCO)c1. The summed E-state index contributed by atoms with van der Waals surface area (Å²) >= 11 is 0. The van der Waals surface area contributed by atoms with Crippen molar-refractivity contribution in [2.75, 3.05) is 26.3 Å². The normalized spacial score (nSPS) is 17.5. The van der Waals surface area contributed by atoms with E-state index in [2.05, 4.69) is 11.8 Å². The minimum atomic E-state index is -0.0285. The predicted octanol–water partition coefficient (Wildman–Crippen LogP) is 1.18. The van der Waals surface area contributed by atoms with Gasteiger partial charge in [0, 0.05) is 37.6 Å². The fourth-order valence-corrected chi connectivity index (χ4v) is 2.50. The average molecular weight is 287 g/mol. The monoisotopic (exact) mass is 287 g/mol. The topological polar surface area (TPSA) is 60.8 Å². The molecule has 0 aromatic heterocycles. The maximum absolute atomic E-state index is 12.6. The summed E-state index contributed by atoms with van der Waals surface area (Å²) in [5.74, 6) is 6.01. The molecular formula is C17H21NO3. The Hall–Kier alpha value is -1.83. The number of aliphatic hydroxyl groups excluding tert-OH is 2. The second-order valence-corrected chi connectivity index (χ2v) is 5.41. The number of hydrogen-bond donors (Lipinski definition) is 2. The van der Waals surface area contributed by atoms with Crippen LogP contribution in [0.25, 0.3) is 0 Å². The number of hydrogen-bond acceptors (Lipinski definition) is 3. The van der Waals surface area contributed by atoms with Gasteiger partial charge in [-0.25, -0.2) is 0 Å². The van der Waals surface area contributed by atoms with E-state index in [0.717, 1.165) is 12.0 Å². The summed E-state index contributed by atoms with van der Waals surface area (Å²) in [4.78, 5) is 14.4. The molecule has 2 rings (SSSR count). The molecular weight excluding hydrogens is 266 g/mol. The van der Waals surface area contributed by atoms with Crippen LogP contribution in [0.2, 0.25) is 0 Å². The van der Waals surface area contributed by atoms with Gasteiger partial charge in [0.05, 0.1) is 12.2 Å². The van der Waals surface area contributed by atoms with Crippen LogP contribution in [-0.2, 0) is 0 Å². The van der Waals surface area contributed by atoms with Gasteiger partial charge in [-0.15, -0.1) is 0 Å². The quantitative estimate of drug-likeness (QED) is 0.821. The van der Waals surface area contributed by atoms with Crippen molar-refractivity contribution in [2.45, 2.75) is 19.8 Å². The fourth-order valence-electron chi connectivity index (χ4n) is 2.50. The summed E-state index contributed by atoms with van der Waals surface area (Å²) in [6, 6.07) is 5.62. The lowest BCUT2D eigenvalue weighted by molar-refractivity contribution is 0.0781. The Balaban J connectivity index is 2.23. The molecule has 1 heterocycles. The van der Waals surface area contributed by atoms with E-state index in [9.17, 15) is 9.90 Å². The third kappa shape index (κ3) is 3.84. The standard InChI is InChI=1S/C17H21NO3/c1-13-5-6-16(15(10-13)4-2-3-9-19)17(21)18-8-7-14(11-18)12-20/h5-6,10,14,19-20H,3,7-9,11-12H2,1H3. The molecule has 0 bridgehead atoms. The largest absolute Gasteiger partial charge is 0.396 e. The minimum absolute atomic E-state index is 0.0202. The highest BCUT2D eigenvalue weighted by Crippen LogP contribution is 2.20. The number of rotatable bonds is 3. The van der Waals surface area contributed by atoms with Crippen molar-refractivity contribution in [1.82, 2.24) is 4.90 Å². The number of aryl methyl sites for hydroxylation is 1. The van der Waals surface area contributed by atoms with Crippen molar-refractivity contribution < 1.29 is 15.0 Å². The maximum atomic E-state index is 12.6.